The number of piperidine rings is 1. The number of nitrogens with zero attached hydrogens (tertiary/aromatic N) is 2. The summed E-state index contributed by atoms with van der Waals surface area (Å²) in [4.78, 5) is 17.5. The molecule has 0 saturated carbocycles. The van der Waals surface area contributed by atoms with Crippen LogP contribution in [-0.2, 0) is 10.5 Å². The van der Waals surface area contributed by atoms with Gasteiger partial charge in [0.1, 0.15) is 0 Å². The first-order valence-corrected chi connectivity index (χ1v) is 8.02. The zero-order chi connectivity index (χ0) is 16.2. The Labute approximate surface area is 130 Å². The predicted molar refractivity (Wildman–Crippen MR) is 77.2 cm³/mol. The molecule has 1 aromatic heterocycles. The fourth-order valence-electron chi connectivity index (χ4n) is 2.23. The van der Waals surface area contributed by atoms with Gasteiger partial charge >= 0.3 is 6.18 Å². The second-order valence-electron chi connectivity index (χ2n) is 5.22. The molecule has 0 radical (unpaired) electrons. The van der Waals surface area contributed by atoms with Crippen LogP contribution >= 0.6 is 11.8 Å². The number of aromatic nitrogens is 1. The summed E-state index contributed by atoms with van der Waals surface area (Å²) in [5.74, 6) is 0.568. The molecule has 2 rings (SSSR count). The molecule has 122 valence electrons. The zero-order valence-electron chi connectivity index (χ0n) is 11.8. The first-order chi connectivity index (χ1) is 10.3. The van der Waals surface area contributed by atoms with E-state index in [4.69, 9.17) is 0 Å². The third-order valence-corrected chi connectivity index (χ3v) is 4.62. The van der Waals surface area contributed by atoms with E-state index in [-0.39, 0.29) is 24.7 Å². The van der Waals surface area contributed by atoms with Gasteiger partial charge < -0.3 is 10.0 Å². The Bertz CT molecular complexity index is 503. The average molecular weight is 334 g/mol. The van der Waals surface area contributed by atoms with Gasteiger partial charge in [0.2, 0.25) is 5.91 Å². The Balaban J connectivity index is 1.76. The molecule has 1 saturated heterocycles. The molecule has 2 heterocycles. The lowest BCUT2D eigenvalue weighted by atomic mass is 9.91. The Morgan fingerprint density at radius 2 is 2.05 bits per heavy atom. The maximum absolute atomic E-state index is 12.7. The van der Waals surface area contributed by atoms with Crippen LogP contribution in [0, 0.1) is 0 Å². The van der Waals surface area contributed by atoms with Crippen molar-refractivity contribution in [2.24, 2.45) is 0 Å². The van der Waals surface area contributed by atoms with Crippen LogP contribution in [0.5, 0.6) is 0 Å². The van der Waals surface area contributed by atoms with Crippen molar-refractivity contribution in [3.8, 4) is 0 Å². The van der Waals surface area contributed by atoms with E-state index in [1.54, 1.807) is 12.3 Å². The van der Waals surface area contributed by atoms with E-state index in [0.29, 0.717) is 5.75 Å². The molecule has 1 aliphatic rings. The highest BCUT2D eigenvalue weighted by molar-refractivity contribution is 7.99. The largest absolute Gasteiger partial charge is 0.417 e. The number of carbonyl (C=O) groups is 1. The van der Waals surface area contributed by atoms with Crippen molar-refractivity contribution < 1.29 is 23.1 Å². The Hall–Kier alpha value is -1.28. The Kier molecular flexibility index (Phi) is 5.33. The van der Waals surface area contributed by atoms with Gasteiger partial charge in [0, 0.05) is 37.9 Å². The van der Waals surface area contributed by atoms with Crippen molar-refractivity contribution in [3.05, 3.63) is 30.1 Å². The minimum absolute atomic E-state index is 0.0704. The van der Waals surface area contributed by atoms with E-state index in [1.807, 2.05) is 12.1 Å². The maximum Gasteiger partial charge on any atom is 0.417 e. The van der Waals surface area contributed by atoms with Crippen LogP contribution in [0.1, 0.15) is 18.5 Å². The van der Waals surface area contributed by atoms with Crippen LogP contribution < -0.4 is 0 Å². The molecule has 1 amide bonds. The van der Waals surface area contributed by atoms with Crippen LogP contribution in [0.2, 0.25) is 0 Å². The van der Waals surface area contributed by atoms with Crippen LogP contribution in [0.15, 0.2) is 24.4 Å². The van der Waals surface area contributed by atoms with E-state index in [9.17, 15) is 23.1 Å². The Morgan fingerprint density at radius 1 is 1.36 bits per heavy atom. The van der Waals surface area contributed by atoms with Crippen LogP contribution in [0.3, 0.4) is 0 Å². The fourth-order valence-corrected chi connectivity index (χ4v) is 3.07. The number of aliphatic hydroxyl groups is 1. The number of halogens is 3. The number of likely N-dealkylation sites (tertiary alicyclic amines) is 1. The van der Waals surface area contributed by atoms with E-state index >= 15 is 0 Å². The molecule has 1 fully saturated rings. The van der Waals surface area contributed by atoms with Gasteiger partial charge in [0.25, 0.3) is 0 Å². The van der Waals surface area contributed by atoms with Gasteiger partial charge in [-0.05, 0) is 12.1 Å². The van der Waals surface area contributed by atoms with Gasteiger partial charge in [0.15, 0.2) is 5.60 Å². The second-order valence-corrected chi connectivity index (χ2v) is 6.21. The highest BCUT2D eigenvalue weighted by atomic mass is 32.2. The van der Waals surface area contributed by atoms with Gasteiger partial charge in [-0.15, -0.1) is 11.8 Å². The third-order valence-electron chi connectivity index (χ3n) is 3.67. The highest BCUT2D eigenvalue weighted by Gasteiger charge is 2.54. The van der Waals surface area contributed by atoms with Gasteiger partial charge in [-0.25, -0.2) is 0 Å². The lowest BCUT2D eigenvalue weighted by Crippen LogP contribution is -2.54. The van der Waals surface area contributed by atoms with E-state index in [2.05, 4.69) is 4.98 Å². The van der Waals surface area contributed by atoms with E-state index in [0.717, 1.165) is 5.69 Å². The Morgan fingerprint density at radius 3 is 2.59 bits per heavy atom. The summed E-state index contributed by atoms with van der Waals surface area (Å²) in [6.45, 7) is -0.141. The number of pyridine rings is 1. The zero-order valence-corrected chi connectivity index (χ0v) is 12.7. The molecule has 0 spiro atoms. The molecule has 8 heteroatoms. The van der Waals surface area contributed by atoms with Gasteiger partial charge in [0.05, 0.1) is 11.4 Å². The molecule has 4 nitrogen and oxygen atoms in total. The minimum Gasteiger partial charge on any atom is -0.380 e. The normalized spacial score (nSPS) is 18.3. The fraction of sp³-hybridized carbons (Fsp3) is 0.571. The van der Waals surface area contributed by atoms with E-state index in [1.165, 1.54) is 16.7 Å². The first-order valence-electron chi connectivity index (χ1n) is 6.86. The third kappa shape index (κ3) is 4.13. The standard InChI is InChI=1S/C14H17F3N2O2S/c15-14(16,17)13(21)4-7-19(8-5-13)12(20)10-22-9-11-3-1-2-6-18-11/h1-3,6,21H,4-5,7-10H2. The minimum atomic E-state index is -4.64. The molecule has 1 aliphatic heterocycles. The molecule has 0 aromatic carbocycles. The van der Waals surface area contributed by atoms with Crippen molar-refractivity contribution in [1.82, 2.24) is 9.88 Å². The smallest absolute Gasteiger partial charge is 0.380 e. The molecule has 0 aliphatic carbocycles. The second kappa shape index (κ2) is 6.87. The van der Waals surface area contributed by atoms with Crippen molar-refractivity contribution in [2.45, 2.75) is 30.4 Å². The summed E-state index contributed by atoms with van der Waals surface area (Å²) < 4.78 is 38.0. The van der Waals surface area contributed by atoms with Gasteiger partial charge in [-0.1, -0.05) is 6.07 Å². The average Bonchev–Trinajstić information content (AvgIpc) is 2.48. The molecule has 0 unspecified atom stereocenters. The van der Waals surface area contributed by atoms with Crippen molar-refractivity contribution >= 4 is 17.7 Å². The van der Waals surface area contributed by atoms with Crippen molar-refractivity contribution in [2.75, 3.05) is 18.8 Å². The van der Waals surface area contributed by atoms with Crippen molar-refractivity contribution in [1.29, 1.82) is 0 Å². The van der Waals surface area contributed by atoms with Crippen molar-refractivity contribution in [3.63, 3.8) is 0 Å². The maximum atomic E-state index is 12.7. The lowest BCUT2D eigenvalue weighted by molar-refractivity contribution is -0.272. The van der Waals surface area contributed by atoms with Gasteiger partial charge in [-0.2, -0.15) is 13.2 Å². The molecular formula is C14H17F3N2O2S. The summed E-state index contributed by atoms with van der Waals surface area (Å²) >= 11 is 1.38. The van der Waals surface area contributed by atoms with Gasteiger partial charge in [-0.3, -0.25) is 9.78 Å². The monoisotopic (exact) mass is 334 g/mol. The van der Waals surface area contributed by atoms with Crippen LogP contribution in [0.25, 0.3) is 0 Å². The summed E-state index contributed by atoms with van der Waals surface area (Å²) in [5.41, 5.74) is -1.81. The summed E-state index contributed by atoms with van der Waals surface area (Å²) in [5, 5.41) is 9.56. The first kappa shape index (κ1) is 17.1. The highest BCUT2D eigenvalue weighted by Crippen LogP contribution is 2.38. The number of hydrogen-bond donors (Lipinski definition) is 1. The molecular weight excluding hydrogens is 317 g/mol. The summed E-state index contributed by atoms with van der Waals surface area (Å²) in [6, 6.07) is 5.50. The quantitative estimate of drug-likeness (QED) is 0.917. The summed E-state index contributed by atoms with van der Waals surface area (Å²) in [7, 11) is 0. The summed E-state index contributed by atoms with van der Waals surface area (Å²) in [6.07, 6.45) is -3.91. The molecule has 1 N–H and O–H groups in total. The topological polar surface area (TPSA) is 53.4 Å². The van der Waals surface area contributed by atoms with E-state index < -0.39 is 24.6 Å². The number of rotatable bonds is 4. The lowest BCUT2D eigenvalue weighted by Gasteiger charge is -2.39. The molecule has 0 bridgehead atoms. The molecule has 1 aromatic rings. The SMILES string of the molecule is O=C(CSCc1ccccn1)N1CCC(O)(C(F)(F)F)CC1. The number of thioether (sulfide) groups is 1. The number of amides is 1. The van der Waals surface area contributed by atoms with Crippen LogP contribution in [0.4, 0.5) is 13.2 Å². The number of hydrogen-bond acceptors (Lipinski definition) is 4. The predicted octanol–water partition coefficient (Wildman–Crippen LogP) is 2.23. The van der Waals surface area contributed by atoms with Crippen LogP contribution in [-0.4, -0.2) is 51.5 Å². The number of carbonyl (C=O) groups excluding carboxylic acids is 1. The molecule has 0 atom stereocenters. The number of alkyl halides is 3. The molecule has 22 heavy (non-hydrogen) atoms.